The van der Waals surface area contributed by atoms with Crippen LogP contribution in [0.5, 0.6) is 0 Å². The van der Waals surface area contributed by atoms with Gasteiger partial charge in [0.1, 0.15) is 6.54 Å². The standard InChI is InChI=1S/C23H32N4O2/c1-17(2)14-26(23(29)24-19-8-5-7-18(3)13-19)16-22(28)27(20-10-11-20)15-21-9-6-12-25(21)4/h5-9,12-13,17,20H,10-11,14-16H2,1-4H3,(H,24,29). The predicted octanol–water partition coefficient (Wildman–Crippen LogP) is 4.01. The SMILES string of the molecule is Cc1cccc(NC(=O)N(CC(=O)N(Cc2cccn2C)C2CC2)CC(C)C)c1. The molecule has 0 unspecified atom stereocenters. The first-order chi connectivity index (χ1) is 13.8. The monoisotopic (exact) mass is 396 g/mol. The van der Waals surface area contributed by atoms with E-state index in [1.807, 2.05) is 66.0 Å². The summed E-state index contributed by atoms with van der Waals surface area (Å²) in [6.07, 6.45) is 4.07. The van der Waals surface area contributed by atoms with Crippen LogP contribution in [0.3, 0.4) is 0 Å². The third kappa shape index (κ3) is 5.86. The van der Waals surface area contributed by atoms with E-state index in [9.17, 15) is 9.59 Å². The Morgan fingerprint density at radius 1 is 1.21 bits per heavy atom. The number of amides is 3. The van der Waals surface area contributed by atoms with Crippen molar-refractivity contribution in [3.63, 3.8) is 0 Å². The maximum absolute atomic E-state index is 13.2. The number of aryl methyl sites for hydroxylation is 2. The Bertz CT molecular complexity index is 854. The van der Waals surface area contributed by atoms with Gasteiger partial charge in [-0.3, -0.25) is 4.79 Å². The highest BCUT2D eigenvalue weighted by molar-refractivity contribution is 5.92. The average molecular weight is 397 g/mol. The molecule has 6 nitrogen and oxygen atoms in total. The van der Waals surface area contributed by atoms with Crippen molar-refractivity contribution in [2.45, 2.75) is 46.2 Å². The highest BCUT2D eigenvalue weighted by atomic mass is 16.2. The maximum atomic E-state index is 13.2. The van der Waals surface area contributed by atoms with Crippen LogP contribution in [0, 0.1) is 12.8 Å². The number of hydrogen-bond acceptors (Lipinski definition) is 2. The Labute approximate surface area is 173 Å². The van der Waals surface area contributed by atoms with Crippen molar-refractivity contribution < 1.29 is 9.59 Å². The van der Waals surface area contributed by atoms with Gasteiger partial charge in [-0.2, -0.15) is 0 Å². The van der Waals surface area contributed by atoms with E-state index < -0.39 is 0 Å². The van der Waals surface area contributed by atoms with Crippen LogP contribution in [-0.2, 0) is 18.4 Å². The quantitative estimate of drug-likeness (QED) is 0.733. The van der Waals surface area contributed by atoms with E-state index in [0.717, 1.165) is 29.8 Å². The van der Waals surface area contributed by atoms with Crippen LogP contribution in [0.4, 0.5) is 10.5 Å². The molecule has 1 N–H and O–H groups in total. The van der Waals surface area contributed by atoms with Gasteiger partial charge in [0.25, 0.3) is 0 Å². The number of carbonyl (C=O) groups excluding carboxylic acids is 2. The van der Waals surface area contributed by atoms with Crippen molar-refractivity contribution in [2.24, 2.45) is 13.0 Å². The first-order valence-electron chi connectivity index (χ1n) is 10.4. The molecule has 156 valence electrons. The van der Waals surface area contributed by atoms with Crippen molar-refractivity contribution in [3.05, 3.63) is 53.9 Å². The van der Waals surface area contributed by atoms with Crippen LogP contribution in [0.1, 0.15) is 37.9 Å². The van der Waals surface area contributed by atoms with E-state index in [1.165, 1.54) is 0 Å². The third-order valence-electron chi connectivity index (χ3n) is 5.16. The molecule has 3 rings (SSSR count). The van der Waals surface area contributed by atoms with Gasteiger partial charge >= 0.3 is 6.03 Å². The second-order valence-electron chi connectivity index (χ2n) is 8.44. The molecular weight excluding hydrogens is 364 g/mol. The number of aromatic nitrogens is 1. The molecule has 1 aromatic heterocycles. The van der Waals surface area contributed by atoms with E-state index in [0.29, 0.717) is 13.1 Å². The summed E-state index contributed by atoms with van der Waals surface area (Å²) >= 11 is 0. The van der Waals surface area contributed by atoms with Gasteiger partial charge in [0.15, 0.2) is 0 Å². The third-order valence-corrected chi connectivity index (χ3v) is 5.16. The number of carbonyl (C=O) groups is 2. The lowest BCUT2D eigenvalue weighted by Gasteiger charge is -2.29. The molecule has 1 aromatic carbocycles. The van der Waals surface area contributed by atoms with Crippen LogP contribution in [0.2, 0.25) is 0 Å². The van der Waals surface area contributed by atoms with Gasteiger partial charge in [0.2, 0.25) is 5.91 Å². The molecule has 0 spiro atoms. The highest BCUT2D eigenvalue weighted by Gasteiger charge is 2.34. The van der Waals surface area contributed by atoms with Crippen LogP contribution in [0.15, 0.2) is 42.6 Å². The summed E-state index contributed by atoms with van der Waals surface area (Å²) < 4.78 is 2.04. The minimum atomic E-state index is -0.229. The molecule has 1 aliphatic carbocycles. The van der Waals surface area contributed by atoms with E-state index in [2.05, 4.69) is 19.2 Å². The number of nitrogens with one attached hydrogen (secondary N) is 1. The first kappa shape index (κ1) is 21.0. The zero-order valence-corrected chi connectivity index (χ0v) is 17.9. The first-order valence-corrected chi connectivity index (χ1v) is 10.4. The van der Waals surface area contributed by atoms with Crippen molar-refractivity contribution >= 4 is 17.6 Å². The molecule has 29 heavy (non-hydrogen) atoms. The van der Waals surface area contributed by atoms with Crippen LogP contribution >= 0.6 is 0 Å². The fourth-order valence-corrected chi connectivity index (χ4v) is 3.48. The molecule has 0 aliphatic heterocycles. The van der Waals surface area contributed by atoms with E-state index in [4.69, 9.17) is 0 Å². The summed E-state index contributed by atoms with van der Waals surface area (Å²) in [6, 6.07) is 11.8. The van der Waals surface area contributed by atoms with Crippen LogP contribution < -0.4 is 5.32 Å². The molecule has 0 radical (unpaired) electrons. The molecule has 1 fully saturated rings. The molecule has 0 atom stereocenters. The second-order valence-corrected chi connectivity index (χ2v) is 8.44. The van der Waals surface area contributed by atoms with Gasteiger partial charge in [-0.1, -0.05) is 26.0 Å². The van der Waals surface area contributed by atoms with Gasteiger partial charge in [0.05, 0.1) is 6.54 Å². The van der Waals surface area contributed by atoms with Gasteiger partial charge in [0, 0.05) is 37.2 Å². The molecule has 6 heteroatoms. The number of benzene rings is 1. The summed E-state index contributed by atoms with van der Waals surface area (Å²) in [6.45, 7) is 7.31. The zero-order chi connectivity index (χ0) is 21.0. The van der Waals surface area contributed by atoms with Crippen molar-refractivity contribution in [3.8, 4) is 0 Å². The lowest BCUT2D eigenvalue weighted by molar-refractivity contribution is -0.133. The Hall–Kier alpha value is -2.76. The summed E-state index contributed by atoms with van der Waals surface area (Å²) in [5.41, 5.74) is 2.93. The summed E-state index contributed by atoms with van der Waals surface area (Å²) in [5, 5.41) is 2.94. The van der Waals surface area contributed by atoms with Gasteiger partial charge in [-0.25, -0.2) is 4.79 Å². The lowest BCUT2D eigenvalue weighted by Crippen LogP contribution is -2.46. The van der Waals surface area contributed by atoms with E-state index >= 15 is 0 Å². The molecule has 1 aliphatic rings. The number of hydrogen-bond donors (Lipinski definition) is 1. The molecule has 2 aromatic rings. The number of rotatable bonds is 8. The zero-order valence-electron chi connectivity index (χ0n) is 17.9. The second kappa shape index (κ2) is 9.16. The molecule has 1 saturated carbocycles. The average Bonchev–Trinajstić information content (AvgIpc) is 3.41. The fraction of sp³-hybridized carbons (Fsp3) is 0.478. The van der Waals surface area contributed by atoms with E-state index in [-0.39, 0.29) is 30.4 Å². The largest absolute Gasteiger partial charge is 0.353 e. The smallest absolute Gasteiger partial charge is 0.322 e. The predicted molar refractivity (Wildman–Crippen MR) is 116 cm³/mol. The molecule has 0 bridgehead atoms. The minimum absolute atomic E-state index is 0.00809. The highest BCUT2D eigenvalue weighted by Crippen LogP contribution is 2.28. The van der Waals surface area contributed by atoms with Crippen molar-refractivity contribution in [2.75, 3.05) is 18.4 Å². The van der Waals surface area contributed by atoms with E-state index in [1.54, 1.807) is 4.90 Å². The van der Waals surface area contributed by atoms with Crippen molar-refractivity contribution in [1.29, 1.82) is 0 Å². The van der Waals surface area contributed by atoms with Crippen LogP contribution in [-0.4, -0.2) is 45.4 Å². The number of anilines is 1. The minimum Gasteiger partial charge on any atom is -0.353 e. The van der Waals surface area contributed by atoms with Crippen molar-refractivity contribution in [1.82, 2.24) is 14.4 Å². The molecular formula is C23H32N4O2. The summed E-state index contributed by atoms with van der Waals surface area (Å²) in [7, 11) is 1.99. The maximum Gasteiger partial charge on any atom is 0.322 e. The van der Waals surface area contributed by atoms with Gasteiger partial charge in [-0.15, -0.1) is 0 Å². The summed E-state index contributed by atoms with van der Waals surface area (Å²) in [4.78, 5) is 29.6. The van der Waals surface area contributed by atoms with Crippen LogP contribution in [0.25, 0.3) is 0 Å². The number of urea groups is 1. The Morgan fingerprint density at radius 2 is 1.97 bits per heavy atom. The lowest BCUT2D eigenvalue weighted by atomic mass is 10.2. The molecule has 0 saturated heterocycles. The van der Waals surface area contributed by atoms with Gasteiger partial charge in [-0.05, 0) is 55.5 Å². The normalized spacial score (nSPS) is 13.4. The molecule has 1 heterocycles. The Balaban J connectivity index is 1.69. The Morgan fingerprint density at radius 3 is 2.55 bits per heavy atom. The summed E-state index contributed by atoms with van der Waals surface area (Å²) in [5.74, 6) is 0.280. The topological polar surface area (TPSA) is 57.6 Å². The fourth-order valence-electron chi connectivity index (χ4n) is 3.48. The molecule has 3 amide bonds. The Kier molecular flexibility index (Phi) is 6.62. The number of nitrogens with zero attached hydrogens (tertiary/aromatic N) is 3. The van der Waals surface area contributed by atoms with Gasteiger partial charge < -0.3 is 19.7 Å².